The van der Waals surface area contributed by atoms with E-state index in [4.69, 9.17) is 0 Å². The molecule has 18 aromatic rings. The van der Waals surface area contributed by atoms with Crippen molar-refractivity contribution >= 4 is 0 Å². The molecular formula is C106H110N18Y2+8. The van der Waals surface area contributed by atoms with Gasteiger partial charge in [-0.25, -0.2) is 45.7 Å². The third-order valence-corrected chi connectivity index (χ3v) is 20.8. The summed E-state index contributed by atoms with van der Waals surface area (Å²) in [5, 5.41) is 22.5. The van der Waals surface area contributed by atoms with Crippen molar-refractivity contribution in [2.24, 2.45) is 0 Å². The first-order valence-corrected chi connectivity index (χ1v) is 42.9. The van der Waals surface area contributed by atoms with Gasteiger partial charge in [0.05, 0.1) is 0 Å². The SMILES string of the molecule is CC.CC.CC.CC.[Y].[Y].c1c[n+](Cc2c[n-]nn2)ccc1-c1cc[n+](Cc2c[n-]nn2)cc1.c1cc(-c2ccncc2)ccn1.c1cc2ccc1C[n+]1ccc(cc1)-c1cc[n+](cc1)Cc1ccc(cc1)C[n+]1ccc(cc1)-c1cc[n+](cc1)C2.c1cc2ccc1C[n+]1ccc(cc1)-c1cc[n+](cc1)Cc1ccc(cc1)C[n+]1ccc(cc1)-c1cc[n+](cc1)C2. The Balaban J connectivity index is 0.000000168. The Kier molecular flexibility index (Phi) is 37.0. The normalized spacial score (nSPS) is 11.2. The maximum Gasteiger partial charge on any atom is 0.173 e. The van der Waals surface area contributed by atoms with Crippen molar-refractivity contribution in [3.8, 4) is 66.8 Å². The molecule has 18 nitrogen and oxygen atoms in total. The van der Waals surface area contributed by atoms with Crippen LogP contribution in [0.2, 0.25) is 0 Å². The van der Waals surface area contributed by atoms with Crippen LogP contribution in [0.4, 0.5) is 0 Å². The van der Waals surface area contributed by atoms with E-state index in [0.717, 1.165) is 74.9 Å². The van der Waals surface area contributed by atoms with E-state index in [0.29, 0.717) is 13.1 Å². The number of nitrogens with zero attached hydrogens (tertiary/aromatic N) is 18. The van der Waals surface area contributed by atoms with Crippen molar-refractivity contribution in [3.63, 3.8) is 0 Å². The first-order chi connectivity index (χ1) is 61.3. The van der Waals surface area contributed by atoms with Gasteiger partial charge in [0, 0.05) is 267 Å². The predicted octanol–water partition coefficient (Wildman–Crippen LogP) is 15.1. The largest absolute Gasteiger partial charge is 0.358 e. The minimum absolute atomic E-state index is 0. The van der Waals surface area contributed by atoms with Gasteiger partial charge in [-0.15, -0.1) is 0 Å². The summed E-state index contributed by atoms with van der Waals surface area (Å²) in [7, 11) is 0. The van der Waals surface area contributed by atoms with E-state index in [9.17, 15) is 0 Å². The summed E-state index contributed by atoms with van der Waals surface area (Å²) in [5.41, 5.74) is 26.5. The third kappa shape index (κ3) is 27.6. The number of rotatable bonds is 6. The molecule has 32 aliphatic rings. The Hall–Kier alpha value is -12.8. The van der Waals surface area contributed by atoms with Crippen molar-refractivity contribution in [3.05, 3.63) is 460 Å². The van der Waals surface area contributed by atoms with Crippen LogP contribution in [-0.4, -0.2) is 30.6 Å². The van der Waals surface area contributed by atoms with Gasteiger partial charge in [0.1, 0.15) is 0 Å². The summed E-state index contributed by atoms with van der Waals surface area (Å²) in [6.45, 7) is 24.2. The number of benzene rings is 4. The molecule has 0 saturated heterocycles. The average Bonchev–Trinajstić information content (AvgIpc) is 1.20. The van der Waals surface area contributed by atoms with Gasteiger partial charge >= 0.3 is 0 Å². The standard InChI is InChI=1S/2C36H32N4.C16H14N8.C10H8N2.4C2H6.2Y/c2*1-2-30-4-3-29(1)25-37-17-9-33(10-18-37)35-13-21-39(22-14-35)27-31-5-7-32(8-6-31)28-40-23-15-36(16-24-40)34-11-19-38(26-30)20-12-34;1-5-23(11-15-9-17-21-19-15)6-2-13(1)14-3-7-24(8-4-14)12-16-10-18-22-20-16;1-5-11-6-2-9(1)10-3-7-12-8-4-10;4*1-2;;/h2*1-24H,25-28H2;1-10H,11-12H2;1-8H;4*1-2H3;;/q2*+4;;;;;;;;. The summed E-state index contributed by atoms with van der Waals surface area (Å²) < 4.78 is 22.0. The Morgan fingerprint density at radius 1 is 0.198 bits per heavy atom. The molecule has 20 heteroatoms. The molecule has 50 rings (SSSR count). The number of hydrogen-bond donors (Lipinski definition) is 0. The van der Waals surface area contributed by atoms with Crippen LogP contribution >= 0.6 is 0 Å². The van der Waals surface area contributed by atoms with Crippen LogP contribution in [0.5, 0.6) is 0 Å². The van der Waals surface area contributed by atoms with Gasteiger partial charge in [0.2, 0.25) is 0 Å². The molecule has 0 fully saturated rings. The fourth-order valence-electron chi connectivity index (χ4n) is 14.2. The molecule has 0 atom stereocenters. The van der Waals surface area contributed by atoms with E-state index in [1.807, 2.05) is 114 Å². The zero-order chi connectivity index (χ0) is 85.9. The van der Waals surface area contributed by atoms with Gasteiger partial charge in [-0.3, -0.25) is 20.4 Å². The van der Waals surface area contributed by atoms with Crippen LogP contribution in [0.15, 0.2) is 404 Å². The fourth-order valence-corrected chi connectivity index (χ4v) is 14.2. The second-order valence-electron chi connectivity index (χ2n) is 29.2. The molecule has 0 N–H and O–H groups in total. The Morgan fingerprint density at radius 3 is 0.484 bits per heavy atom. The summed E-state index contributed by atoms with van der Waals surface area (Å²) in [5.74, 6) is 0. The van der Waals surface area contributed by atoms with Gasteiger partial charge in [0.15, 0.2) is 189 Å². The van der Waals surface area contributed by atoms with Crippen LogP contribution in [0.25, 0.3) is 66.8 Å². The van der Waals surface area contributed by atoms with Crippen molar-refractivity contribution < 1.29 is 111 Å². The molecule has 126 heavy (non-hydrogen) atoms. The number of hydrogen-bond acceptors (Lipinski definition) is 6. The molecule has 0 unspecified atom stereocenters. The zero-order valence-electron chi connectivity index (χ0n) is 73.4. The molecule has 2 radical (unpaired) electrons. The van der Waals surface area contributed by atoms with Crippen molar-refractivity contribution in [1.29, 1.82) is 0 Å². The Labute approximate surface area is 792 Å². The monoisotopic (exact) mass is 1810 g/mol. The number of pyridine rings is 12. The quantitative estimate of drug-likeness (QED) is 0.150. The minimum atomic E-state index is 0. The van der Waals surface area contributed by atoms with Crippen LogP contribution in [0.1, 0.15) is 111 Å². The topological polar surface area (TPSA) is 144 Å². The van der Waals surface area contributed by atoms with E-state index < -0.39 is 0 Å². The second-order valence-corrected chi connectivity index (χ2v) is 29.2. The third-order valence-electron chi connectivity index (χ3n) is 20.8. The molecule has 0 spiro atoms. The van der Waals surface area contributed by atoms with Crippen LogP contribution in [0, 0.1) is 0 Å². The molecule has 4 aromatic carbocycles. The van der Waals surface area contributed by atoms with Gasteiger partial charge in [-0.2, -0.15) is 0 Å². The summed E-state index contributed by atoms with van der Waals surface area (Å²) in [4.78, 5) is 7.91. The van der Waals surface area contributed by atoms with Crippen molar-refractivity contribution in [1.82, 2.24) is 40.8 Å². The summed E-state index contributed by atoms with van der Waals surface area (Å²) in [6.07, 6.45) is 53.3. The molecule has 32 aliphatic heterocycles. The van der Waals surface area contributed by atoms with Gasteiger partial charge in [-0.05, 0) is 91.0 Å². The maximum absolute atomic E-state index is 3.96. The fraction of sp³-hybridized carbons (Fsp3) is 0.170. The van der Waals surface area contributed by atoms with Gasteiger partial charge in [-0.1, -0.05) is 165 Å². The summed E-state index contributed by atoms with van der Waals surface area (Å²) >= 11 is 0. The van der Waals surface area contributed by atoms with E-state index in [-0.39, 0.29) is 65.4 Å². The van der Waals surface area contributed by atoms with E-state index in [2.05, 4.69) is 395 Å². The summed E-state index contributed by atoms with van der Waals surface area (Å²) in [6, 6.07) is 87.3. The van der Waals surface area contributed by atoms with E-state index in [1.54, 1.807) is 37.2 Å². The molecular weight excluding hydrogens is 1700 g/mol. The van der Waals surface area contributed by atoms with E-state index in [1.165, 1.54) is 100 Å². The predicted molar refractivity (Wildman–Crippen MR) is 482 cm³/mol. The Bertz CT molecular complexity index is 5190. The molecule has 0 amide bonds. The van der Waals surface area contributed by atoms with Gasteiger partial charge < -0.3 is 20.4 Å². The van der Waals surface area contributed by atoms with E-state index >= 15 is 0 Å². The van der Waals surface area contributed by atoms with Crippen molar-refractivity contribution in [2.75, 3.05) is 0 Å². The maximum atomic E-state index is 3.96. The number of aromatic nitrogens is 18. The van der Waals surface area contributed by atoms with Crippen LogP contribution in [0.3, 0.4) is 0 Å². The molecule has 0 saturated carbocycles. The van der Waals surface area contributed by atoms with Crippen LogP contribution < -0.4 is 55.9 Å². The smallest absolute Gasteiger partial charge is 0.173 e. The first kappa shape index (κ1) is 93.9. The van der Waals surface area contributed by atoms with Gasteiger partial charge in [0.25, 0.3) is 0 Å². The molecule has 24 bridgehead atoms. The molecule has 0 aliphatic carbocycles. The zero-order valence-corrected chi connectivity index (χ0v) is 79.1. The molecule has 14 aromatic heterocycles. The minimum Gasteiger partial charge on any atom is -0.358 e. The molecule has 46 heterocycles. The Morgan fingerprint density at radius 2 is 0.341 bits per heavy atom. The second kappa shape index (κ2) is 49.6. The average molecular weight is 1810 g/mol. The molecule has 622 valence electrons. The van der Waals surface area contributed by atoms with Crippen molar-refractivity contribution in [2.45, 2.75) is 121 Å². The van der Waals surface area contributed by atoms with Crippen LogP contribution in [-0.2, 0) is 131 Å². The first-order valence-electron chi connectivity index (χ1n) is 42.9.